The van der Waals surface area contributed by atoms with E-state index in [0.29, 0.717) is 28.7 Å². The van der Waals surface area contributed by atoms with E-state index >= 15 is 0 Å². The molecule has 1 unspecified atom stereocenters. The molecule has 2 aromatic carbocycles. The van der Waals surface area contributed by atoms with Crippen LogP contribution in [0.4, 0.5) is 11.6 Å². The number of anilines is 2. The third kappa shape index (κ3) is 4.50. The molecule has 3 aromatic rings. The van der Waals surface area contributed by atoms with Gasteiger partial charge in [0.05, 0.1) is 19.3 Å². The highest BCUT2D eigenvalue weighted by Gasteiger charge is 2.38. The number of nitrogens with zero attached hydrogens (tertiary/aromatic N) is 4. The topological polar surface area (TPSA) is 98.6 Å². The third-order valence-electron chi connectivity index (χ3n) is 5.67. The van der Waals surface area contributed by atoms with Crippen LogP contribution in [0.2, 0.25) is 0 Å². The van der Waals surface area contributed by atoms with Crippen molar-refractivity contribution in [1.82, 2.24) is 14.8 Å². The Morgan fingerprint density at radius 2 is 1.76 bits per heavy atom. The van der Waals surface area contributed by atoms with Gasteiger partial charge in [0, 0.05) is 11.4 Å². The summed E-state index contributed by atoms with van der Waals surface area (Å²) in [7, 11) is 1.58. The van der Waals surface area contributed by atoms with Crippen molar-refractivity contribution in [1.29, 1.82) is 0 Å². The lowest BCUT2D eigenvalue weighted by Gasteiger charge is -2.35. The van der Waals surface area contributed by atoms with Gasteiger partial charge in [-0.05, 0) is 50.6 Å². The van der Waals surface area contributed by atoms with Crippen LogP contribution in [-0.4, -0.2) is 46.9 Å². The molecule has 0 spiro atoms. The van der Waals surface area contributed by atoms with Crippen molar-refractivity contribution in [3.05, 3.63) is 77.3 Å². The third-order valence-corrected chi connectivity index (χ3v) is 5.67. The number of methoxy groups -OCH3 is 1. The van der Waals surface area contributed by atoms with Gasteiger partial charge in [-0.2, -0.15) is 10.1 Å². The van der Waals surface area contributed by atoms with Crippen LogP contribution < -0.4 is 15.0 Å². The predicted octanol–water partition coefficient (Wildman–Crippen LogP) is 3.48. The number of carbonyl (C=O) groups excluding carboxylic acids is 2. The molecule has 0 saturated heterocycles. The Bertz CT molecular complexity index is 1210. The minimum atomic E-state index is -0.516. The Morgan fingerprint density at radius 3 is 2.41 bits per heavy atom. The predicted molar refractivity (Wildman–Crippen MR) is 128 cm³/mol. The summed E-state index contributed by atoms with van der Waals surface area (Å²) in [6, 6.07) is 14.4. The number of ether oxygens (including phenoxy) is 2. The monoisotopic (exact) mass is 461 g/mol. The van der Waals surface area contributed by atoms with Crippen molar-refractivity contribution >= 4 is 23.5 Å². The number of benzene rings is 2. The second-order valence-corrected chi connectivity index (χ2v) is 7.90. The van der Waals surface area contributed by atoms with Crippen molar-refractivity contribution in [3.8, 4) is 5.75 Å². The summed E-state index contributed by atoms with van der Waals surface area (Å²) in [6.45, 7) is 5.74. The molecule has 0 saturated carbocycles. The van der Waals surface area contributed by atoms with E-state index in [1.807, 2.05) is 31.2 Å². The lowest BCUT2D eigenvalue weighted by Crippen LogP contribution is -2.40. The highest BCUT2D eigenvalue weighted by molar-refractivity contribution is 5.96. The van der Waals surface area contributed by atoms with Crippen LogP contribution in [0.3, 0.4) is 0 Å². The van der Waals surface area contributed by atoms with E-state index in [4.69, 9.17) is 9.47 Å². The molecule has 1 aromatic heterocycles. The minimum Gasteiger partial charge on any atom is -0.497 e. The maximum atomic E-state index is 13.1. The molecule has 2 heterocycles. The smallest absolute Gasteiger partial charge is 0.338 e. The van der Waals surface area contributed by atoms with E-state index in [2.05, 4.69) is 15.4 Å². The van der Waals surface area contributed by atoms with E-state index < -0.39 is 12.0 Å². The van der Waals surface area contributed by atoms with Gasteiger partial charge in [0.15, 0.2) is 0 Å². The second-order valence-electron chi connectivity index (χ2n) is 7.90. The van der Waals surface area contributed by atoms with Crippen LogP contribution in [-0.2, 0) is 14.3 Å². The van der Waals surface area contributed by atoms with Gasteiger partial charge in [0.1, 0.15) is 24.7 Å². The first-order chi connectivity index (χ1) is 16.4. The number of rotatable bonds is 7. The first-order valence-corrected chi connectivity index (χ1v) is 11.0. The molecule has 0 fully saturated rings. The zero-order valence-corrected chi connectivity index (χ0v) is 19.6. The van der Waals surface area contributed by atoms with E-state index in [1.54, 1.807) is 54.8 Å². The number of hydrogen-bond donors (Lipinski definition) is 1. The van der Waals surface area contributed by atoms with Crippen molar-refractivity contribution in [2.75, 3.05) is 30.5 Å². The van der Waals surface area contributed by atoms with Gasteiger partial charge in [-0.15, -0.1) is 0 Å². The van der Waals surface area contributed by atoms with E-state index in [1.165, 1.54) is 6.33 Å². The Kier molecular flexibility index (Phi) is 6.62. The molecule has 0 aliphatic carbocycles. The zero-order chi connectivity index (χ0) is 24.2. The minimum absolute atomic E-state index is 0.0555. The van der Waals surface area contributed by atoms with E-state index in [9.17, 15) is 9.59 Å². The van der Waals surface area contributed by atoms with Crippen LogP contribution in [0.5, 0.6) is 5.75 Å². The quantitative estimate of drug-likeness (QED) is 0.538. The van der Waals surface area contributed by atoms with Crippen molar-refractivity contribution < 1.29 is 19.1 Å². The summed E-state index contributed by atoms with van der Waals surface area (Å²) >= 11 is 0. The Balaban J connectivity index is 1.69. The summed E-state index contributed by atoms with van der Waals surface area (Å²) in [5, 5.41) is 7.27. The summed E-state index contributed by atoms with van der Waals surface area (Å²) in [5.41, 5.74) is 3.63. The molecule has 0 radical (unpaired) electrons. The van der Waals surface area contributed by atoms with Crippen LogP contribution in [0, 0.1) is 6.92 Å². The average Bonchev–Trinajstić information content (AvgIpc) is 3.31. The molecule has 9 heteroatoms. The fourth-order valence-corrected chi connectivity index (χ4v) is 3.97. The molecule has 34 heavy (non-hydrogen) atoms. The van der Waals surface area contributed by atoms with Crippen molar-refractivity contribution in [3.63, 3.8) is 0 Å². The Morgan fingerprint density at radius 1 is 1.06 bits per heavy atom. The average molecular weight is 462 g/mol. The van der Waals surface area contributed by atoms with Gasteiger partial charge in [-0.25, -0.2) is 9.48 Å². The molecule has 9 nitrogen and oxygen atoms in total. The van der Waals surface area contributed by atoms with Crippen LogP contribution >= 0.6 is 0 Å². The van der Waals surface area contributed by atoms with E-state index in [-0.39, 0.29) is 19.1 Å². The number of esters is 1. The van der Waals surface area contributed by atoms with Crippen LogP contribution in [0.15, 0.2) is 66.1 Å². The SMILES string of the molecule is CCOC(=O)C1=C(C)N(CC(=O)Nc2ccc(OC)cc2)c2ncnn2C1c1ccc(C)cc1. The second kappa shape index (κ2) is 9.78. The van der Waals surface area contributed by atoms with Crippen LogP contribution in [0.25, 0.3) is 0 Å². The maximum Gasteiger partial charge on any atom is 0.338 e. The lowest BCUT2D eigenvalue weighted by atomic mass is 9.94. The number of carbonyl (C=O) groups is 2. The number of amides is 1. The molecule has 176 valence electrons. The highest BCUT2D eigenvalue weighted by atomic mass is 16.5. The maximum absolute atomic E-state index is 13.1. The lowest BCUT2D eigenvalue weighted by molar-refractivity contribution is -0.139. The van der Waals surface area contributed by atoms with Gasteiger partial charge >= 0.3 is 5.97 Å². The van der Waals surface area contributed by atoms with Crippen LogP contribution in [0.1, 0.15) is 31.0 Å². The fourth-order valence-electron chi connectivity index (χ4n) is 3.97. The molecule has 0 bridgehead atoms. The number of nitrogens with one attached hydrogen (secondary N) is 1. The summed E-state index contributed by atoms with van der Waals surface area (Å²) in [6.07, 6.45) is 1.42. The summed E-state index contributed by atoms with van der Waals surface area (Å²) in [4.78, 5) is 32.1. The largest absolute Gasteiger partial charge is 0.497 e. The highest BCUT2D eigenvalue weighted by Crippen LogP contribution is 2.38. The van der Waals surface area contributed by atoms with Gasteiger partial charge in [-0.3, -0.25) is 4.79 Å². The molecule has 1 aliphatic rings. The molecular formula is C25H27N5O4. The molecule has 1 atom stereocenters. The Hall–Kier alpha value is -4.14. The van der Waals surface area contributed by atoms with Gasteiger partial charge in [-0.1, -0.05) is 29.8 Å². The molecule has 1 N–H and O–H groups in total. The molecule has 4 rings (SSSR count). The summed E-state index contributed by atoms with van der Waals surface area (Å²) in [5.74, 6) is 0.450. The first kappa shape index (κ1) is 23.0. The van der Waals surface area contributed by atoms with Crippen molar-refractivity contribution in [2.45, 2.75) is 26.8 Å². The summed E-state index contributed by atoms with van der Waals surface area (Å²) < 4.78 is 12.2. The molecular weight excluding hydrogens is 434 g/mol. The zero-order valence-electron chi connectivity index (χ0n) is 19.6. The fraction of sp³-hybridized carbons (Fsp3) is 0.280. The molecule has 1 amide bonds. The van der Waals surface area contributed by atoms with E-state index in [0.717, 1.165) is 11.1 Å². The van der Waals surface area contributed by atoms with Gasteiger partial charge in [0.25, 0.3) is 0 Å². The molecule has 1 aliphatic heterocycles. The normalized spacial score (nSPS) is 15.1. The van der Waals surface area contributed by atoms with Gasteiger partial charge in [0.2, 0.25) is 11.9 Å². The van der Waals surface area contributed by atoms with Crippen molar-refractivity contribution in [2.24, 2.45) is 0 Å². The Labute approximate surface area is 198 Å². The number of fused-ring (bicyclic) bond motifs is 1. The standard InChI is InChI=1S/C25H27N5O4/c1-5-34-24(32)22-17(3)29(14-21(31)28-19-10-12-20(33-4)13-11-19)25-26-15-27-30(25)23(22)18-8-6-16(2)7-9-18/h6-13,15,23H,5,14H2,1-4H3,(H,28,31). The van der Waals surface area contributed by atoms with Gasteiger partial charge < -0.3 is 19.7 Å². The number of aromatic nitrogens is 3. The number of allylic oxidation sites excluding steroid dienone is 1. The number of aryl methyl sites for hydroxylation is 1. The number of hydrogen-bond acceptors (Lipinski definition) is 7. The first-order valence-electron chi connectivity index (χ1n) is 11.0.